The second kappa shape index (κ2) is 5.14. The number of benzene rings is 1. The predicted molar refractivity (Wildman–Crippen MR) is 58.8 cm³/mol. The fourth-order valence-electron chi connectivity index (χ4n) is 1.81. The van der Waals surface area contributed by atoms with E-state index in [2.05, 4.69) is 5.32 Å². The summed E-state index contributed by atoms with van der Waals surface area (Å²) in [6, 6.07) is 7.68. The molecule has 2 rings (SSSR count). The van der Waals surface area contributed by atoms with Crippen molar-refractivity contribution < 1.29 is 9.84 Å². The first-order valence-corrected chi connectivity index (χ1v) is 5.43. The van der Waals surface area contributed by atoms with Crippen molar-refractivity contribution in [3.8, 4) is 5.75 Å². The molecule has 1 saturated heterocycles. The molecule has 1 aliphatic rings. The molecule has 1 heterocycles. The first-order chi connectivity index (χ1) is 7.34. The van der Waals surface area contributed by atoms with E-state index in [9.17, 15) is 0 Å². The molecule has 3 nitrogen and oxygen atoms in total. The average molecular weight is 207 g/mol. The largest absolute Gasteiger partial charge is 0.508 e. The molecule has 82 valence electrons. The summed E-state index contributed by atoms with van der Waals surface area (Å²) < 4.78 is 5.60. The standard InChI is InChI=1S/C12H17NO2/c14-12-5-3-10(4-6-12)8-15-9-11-2-1-7-13-11/h3-6,11,13-14H,1-2,7-9H2. The van der Waals surface area contributed by atoms with Crippen LogP contribution >= 0.6 is 0 Å². The van der Waals surface area contributed by atoms with Crippen LogP contribution in [0.2, 0.25) is 0 Å². The Kier molecular flexibility index (Phi) is 3.59. The maximum Gasteiger partial charge on any atom is 0.115 e. The Balaban J connectivity index is 1.71. The summed E-state index contributed by atoms with van der Waals surface area (Å²) in [6.45, 7) is 2.52. The summed E-state index contributed by atoms with van der Waals surface area (Å²) in [5.74, 6) is 0.302. The summed E-state index contributed by atoms with van der Waals surface area (Å²) >= 11 is 0. The summed E-state index contributed by atoms with van der Waals surface area (Å²) in [6.07, 6.45) is 2.48. The number of phenolic OH excluding ortho intramolecular Hbond substituents is 1. The maximum absolute atomic E-state index is 9.10. The number of rotatable bonds is 4. The van der Waals surface area contributed by atoms with Crippen molar-refractivity contribution in [1.29, 1.82) is 0 Å². The van der Waals surface area contributed by atoms with Crippen LogP contribution in [0.15, 0.2) is 24.3 Å². The van der Waals surface area contributed by atoms with Gasteiger partial charge in [-0.1, -0.05) is 12.1 Å². The predicted octanol–water partition coefficient (Wildman–Crippen LogP) is 1.66. The molecular formula is C12H17NO2. The minimum Gasteiger partial charge on any atom is -0.508 e. The lowest BCUT2D eigenvalue weighted by atomic mass is 10.2. The Morgan fingerprint density at radius 3 is 2.80 bits per heavy atom. The van der Waals surface area contributed by atoms with Crippen molar-refractivity contribution in [3.63, 3.8) is 0 Å². The van der Waals surface area contributed by atoms with Crippen molar-refractivity contribution in [2.75, 3.05) is 13.2 Å². The van der Waals surface area contributed by atoms with Crippen molar-refractivity contribution in [2.24, 2.45) is 0 Å². The molecule has 1 aromatic rings. The Hall–Kier alpha value is -1.06. The Labute approximate surface area is 90.1 Å². The number of hydrogen-bond acceptors (Lipinski definition) is 3. The zero-order valence-electron chi connectivity index (χ0n) is 8.78. The van der Waals surface area contributed by atoms with E-state index in [0.717, 1.165) is 18.7 Å². The Morgan fingerprint density at radius 1 is 1.33 bits per heavy atom. The lowest BCUT2D eigenvalue weighted by Crippen LogP contribution is -2.26. The van der Waals surface area contributed by atoms with Gasteiger partial charge in [-0.15, -0.1) is 0 Å². The van der Waals surface area contributed by atoms with Gasteiger partial charge >= 0.3 is 0 Å². The third-order valence-electron chi connectivity index (χ3n) is 2.69. The van der Waals surface area contributed by atoms with Gasteiger partial charge in [0.15, 0.2) is 0 Å². The molecule has 1 fully saturated rings. The first-order valence-electron chi connectivity index (χ1n) is 5.43. The monoisotopic (exact) mass is 207 g/mol. The molecule has 15 heavy (non-hydrogen) atoms. The summed E-state index contributed by atoms with van der Waals surface area (Å²) in [7, 11) is 0. The lowest BCUT2D eigenvalue weighted by molar-refractivity contribution is 0.103. The number of aromatic hydroxyl groups is 1. The number of phenols is 1. The minimum atomic E-state index is 0.302. The second-order valence-corrected chi connectivity index (χ2v) is 3.97. The van der Waals surface area contributed by atoms with Crippen LogP contribution in [0.4, 0.5) is 0 Å². The summed E-state index contributed by atoms with van der Waals surface area (Å²) in [5.41, 5.74) is 1.10. The molecule has 0 aliphatic carbocycles. The highest BCUT2D eigenvalue weighted by molar-refractivity contribution is 5.25. The number of hydrogen-bond donors (Lipinski definition) is 2. The molecule has 1 aromatic carbocycles. The molecule has 1 aliphatic heterocycles. The van der Waals surface area contributed by atoms with E-state index in [4.69, 9.17) is 9.84 Å². The van der Waals surface area contributed by atoms with Crippen LogP contribution in [0.3, 0.4) is 0 Å². The molecule has 2 N–H and O–H groups in total. The quantitative estimate of drug-likeness (QED) is 0.789. The van der Waals surface area contributed by atoms with Crippen LogP contribution < -0.4 is 5.32 Å². The molecule has 0 amide bonds. The van der Waals surface area contributed by atoms with Gasteiger partial charge in [0.25, 0.3) is 0 Å². The van der Waals surface area contributed by atoms with Gasteiger partial charge in [-0.2, -0.15) is 0 Å². The maximum atomic E-state index is 9.10. The van der Waals surface area contributed by atoms with E-state index in [1.165, 1.54) is 12.8 Å². The normalized spacial score (nSPS) is 20.7. The van der Waals surface area contributed by atoms with E-state index in [0.29, 0.717) is 18.4 Å². The van der Waals surface area contributed by atoms with Crippen LogP contribution in [0.5, 0.6) is 5.75 Å². The summed E-state index contributed by atoms with van der Waals surface area (Å²) in [5, 5.41) is 12.5. The zero-order valence-corrected chi connectivity index (χ0v) is 8.78. The van der Waals surface area contributed by atoms with Crippen LogP contribution in [-0.2, 0) is 11.3 Å². The molecule has 3 heteroatoms. The smallest absolute Gasteiger partial charge is 0.115 e. The van der Waals surface area contributed by atoms with Crippen LogP contribution in [0, 0.1) is 0 Å². The number of ether oxygens (including phenoxy) is 1. The molecule has 0 saturated carbocycles. The van der Waals surface area contributed by atoms with Gasteiger partial charge in [-0.25, -0.2) is 0 Å². The van der Waals surface area contributed by atoms with Crippen LogP contribution in [-0.4, -0.2) is 24.3 Å². The van der Waals surface area contributed by atoms with Crippen molar-refractivity contribution in [2.45, 2.75) is 25.5 Å². The first kappa shape index (κ1) is 10.5. The molecule has 0 bridgehead atoms. The molecule has 0 radical (unpaired) electrons. The van der Waals surface area contributed by atoms with E-state index in [1.54, 1.807) is 12.1 Å². The minimum absolute atomic E-state index is 0.302. The van der Waals surface area contributed by atoms with Gasteiger partial charge in [0.2, 0.25) is 0 Å². The topological polar surface area (TPSA) is 41.5 Å². The molecule has 1 atom stereocenters. The van der Waals surface area contributed by atoms with E-state index >= 15 is 0 Å². The van der Waals surface area contributed by atoms with Gasteiger partial charge < -0.3 is 15.2 Å². The molecular weight excluding hydrogens is 190 g/mol. The second-order valence-electron chi connectivity index (χ2n) is 3.97. The van der Waals surface area contributed by atoms with Gasteiger partial charge in [-0.05, 0) is 37.1 Å². The average Bonchev–Trinajstić information content (AvgIpc) is 2.74. The van der Waals surface area contributed by atoms with Crippen molar-refractivity contribution in [1.82, 2.24) is 5.32 Å². The SMILES string of the molecule is Oc1ccc(COCC2CCCN2)cc1. The highest BCUT2D eigenvalue weighted by Crippen LogP contribution is 2.11. The van der Waals surface area contributed by atoms with E-state index < -0.39 is 0 Å². The van der Waals surface area contributed by atoms with Gasteiger partial charge in [0.05, 0.1) is 13.2 Å². The highest BCUT2D eigenvalue weighted by atomic mass is 16.5. The number of nitrogens with one attached hydrogen (secondary N) is 1. The van der Waals surface area contributed by atoms with E-state index in [-0.39, 0.29) is 0 Å². The van der Waals surface area contributed by atoms with Crippen molar-refractivity contribution in [3.05, 3.63) is 29.8 Å². The molecule has 1 unspecified atom stereocenters. The van der Waals surface area contributed by atoms with Gasteiger partial charge in [-0.3, -0.25) is 0 Å². The fraction of sp³-hybridized carbons (Fsp3) is 0.500. The van der Waals surface area contributed by atoms with Gasteiger partial charge in [0, 0.05) is 6.04 Å². The van der Waals surface area contributed by atoms with E-state index in [1.807, 2.05) is 12.1 Å². The Morgan fingerprint density at radius 2 is 2.13 bits per heavy atom. The zero-order chi connectivity index (χ0) is 10.5. The third-order valence-corrected chi connectivity index (χ3v) is 2.69. The molecule has 0 aromatic heterocycles. The van der Waals surface area contributed by atoms with Crippen LogP contribution in [0.25, 0.3) is 0 Å². The Bertz CT molecular complexity index is 291. The summed E-state index contributed by atoms with van der Waals surface area (Å²) in [4.78, 5) is 0. The highest BCUT2D eigenvalue weighted by Gasteiger charge is 2.13. The fourth-order valence-corrected chi connectivity index (χ4v) is 1.81. The molecule has 0 spiro atoms. The third kappa shape index (κ3) is 3.22. The van der Waals surface area contributed by atoms with Crippen molar-refractivity contribution >= 4 is 0 Å². The van der Waals surface area contributed by atoms with Crippen LogP contribution in [0.1, 0.15) is 18.4 Å². The lowest BCUT2D eigenvalue weighted by Gasteiger charge is -2.10. The van der Waals surface area contributed by atoms with Gasteiger partial charge in [0.1, 0.15) is 5.75 Å².